The number of likely N-dealkylation sites (N-methyl/N-ethyl adjacent to an activating group) is 2. The van der Waals surface area contributed by atoms with Crippen molar-refractivity contribution in [3.63, 3.8) is 0 Å². The summed E-state index contributed by atoms with van der Waals surface area (Å²) in [4.78, 5) is 5.10. The Hall–Kier alpha value is -0.120. The molecule has 2 rings (SSSR count). The van der Waals surface area contributed by atoms with E-state index in [0.29, 0.717) is 5.41 Å². The number of rotatable bonds is 4. The summed E-state index contributed by atoms with van der Waals surface area (Å²) < 4.78 is 0. The molecule has 0 saturated carbocycles. The van der Waals surface area contributed by atoms with Gasteiger partial charge in [0, 0.05) is 19.1 Å². The molecular formula is C14H29N3. The van der Waals surface area contributed by atoms with Gasteiger partial charge >= 0.3 is 0 Å². The van der Waals surface area contributed by atoms with Crippen molar-refractivity contribution < 1.29 is 0 Å². The maximum Gasteiger partial charge on any atom is 0.0220 e. The number of hydrogen-bond acceptors (Lipinski definition) is 3. The SMILES string of the molecule is CN(CC1CCCN1C)CC1(C)CCNCC1. The number of nitrogens with one attached hydrogen (secondary N) is 1. The van der Waals surface area contributed by atoms with Gasteiger partial charge < -0.3 is 15.1 Å². The zero-order valence-corrected chi connectivity index (χ0v) is 11.8. The molecule has 1 unspecified atom stereocenters. The van der Waals surface area contributed by atoms with Gasteiger partial charge in [0.2, 0.25) is 0 Å². The van der Waals surface area contributed by atoms with Crippen molar-refractivity contribution in [1.82, 2.24) is 15.1 Å². The predicted octanol–water partition coefficient (Wildman–Crippen LogP) is 1.40. The molecule has 0 aromatic carbocycles. The van der Waals surface area contributed by atoms with E-state index in [-0.39, 0.29) is 0 Å². The highest BCUT2D eigenvalue weighted by atomic mass is 15.2. The van der Waals surface area contributed by atoms with Crippen molar-refractivity contribution in [2.24, 2.45) is 5.41 Å². The van der Waals surface area contributed by atoms with Crippen LogP contribution in [0.3, 0.4) is 0 Å². The van der Waals surface area contributed by atoms with Crippen molar-refractivity contribution >= 4 is 0 Å². The highest BCUT2D eigenvalue weighted by Crippen LogP contribution is 2.29. The van der Waals surface area contributed by atoms with E-state index in [1.165, 1.54) is 58.4 Å². The Balaban J connectivity index is 1.77. The van der Waals surface area contributed by atoms with Gasteiger partial charge in [-0.25, -0.2) is 0 Å². The van der Waals surface area contributed by atoms with E-state index in [2.05, 4.69) is 36.1 Å². The molecule has 3 nitrogen and oxygen atoms in total. The zero-order chi connectivity index (χ0) is 12.3. The van der Waals surface area contributed by atoms with Crippen LogP contribution < -0.4 is 5.32 Å². The Morgan fingerprint density at radius 1 is 1.35 bits per heavy atom. The number of likely N-dealkylation sites (tertiary alicyclic amines) is 1. The van der Waals surface area contributed by atoms with E-state index < -0.39 is 0 Å². The number of nitrogens with zero attached hydrogens (tertiary/aromatic N) is 2. The van der Waals surface area contributed by atoms with E-state index in [1.54, 1.807) is 0 Å². The van der Waals surface area contributed by atoms with Gasteiger partial charge in [0.15, 0.2) is 0 Å². The Morgan fingerprint density at radius 3 is 2.65 bits per heavy atom. The maximum absolute atomic E-state index is 3.47. The minimum atomic E-state index is 0.539. The third kappa shape index (κ3) is 3.67. The summed E-state index contributed by atoms with van der Waals surface area (Å²) in [6, 6.07) is 0.797. The van der Waals surface area contributed by atoms with Crippen molar-refractivity contribution in [3.8, 4) is 0 Å². The first-order valence-corrected chi connectivity index (χ1v) is 7.19. The molecule has 0 radical (unpaired) electrons. The van der Waals surface area contributed by atoms with Crippen LogP contribution in [-0.4, -0.2) is 62.7 Å². The molecule has 100 valence electrons. The Kier molecular flexibility index (Phi) is 4.45. The highest BCUT2D eigenvalue weighted by Gasteiger charge is 2.29. The normalized spacial score (nSPS) is 30.0. The monoisotopic (exact) mass is 239 g/mol. The van der Waals surface area contributed by atoms with Crippen LogP contribution in [0.25, 0.3) is 0 Å². The smallest absolute Gasteiger partial charge is 0.0220 e. The molecule has 1 N–H and O–H groups in total. The van der Waals surface area contributed by atoms with Crippen LogP contribution in [0.1, 0.15) is 32.6 Å². The molecule has 0 aromatic rings. The molecule has 0 spiro atoms. The molecule has 17 heavy (non-hydrogen) atoms. The molecule has 2 aliphatic heterocycles. The first kappa shape index (κ1) is 13.3. The van der Waals surface area contributed by atoms with Crippen molar-refractivity contribution in [3.05, 3.63) is 0 Å². The molecule has 1 atom stereocenters. The van der Waals surface area contributed by atoms with E-state index >= 15 is 0 Å². The predicted molar refractivity (Wildman–Crippen MR) is 73.4 cm³/mol. The highest BCUT2D eigenvalue weighted by molar-refractivity contribution is 4.85. The summed E-state index contributed by atoms with van der Waals surface area (Å²) in [5, 5.41) is 3.47. The van der Waals surface area contributed by atoms with Crippen LogP contribution in [0.15, 0.2) is 0 Å². The van der Waals surface area contributed by atoms with Crippen LogP contribution in [0.5, 0.6) is 0 Å². The molecule has 2 fully saturated rings. The average molecular weight is 239 g/mol. The third-order valence-corrected chi connectivity index (χ3v) is 4.66. The van der Waals surface area contributed by atoms with Crippen molar-refractivity contribution in [2.75, 3.05) is 46.8 Å². The molecule has 2 aliphatic rings. The lowest BCUT2D eigenvalue weighted by atomic mass is 9.80. The molecule has 0 bridgehead atoms. The molecule has 0 aliphatic carbocycles. The standard InChI is InChI=1S/C14H29N3/c1-14(6-8-15-9-7-14)12-16(2)11-13-5-4-10-17(13)3/h13,15H,4-12H2,1-3H3. The molecular weight excluding hydrogens is 210 g/mol. The molecule has 2 heterocycles. The van der Waals surface area contributed by atoms with Gasteiger partial charge in [-0.3, -0.25) is 0 Å². The van der Waals surface area contributed by atoms with E-state index in [4.69, 9.17) is 0 Å². The maximum atomic E-state index is 3.47. The number of piperidine rings is 1. The fourth-order valence-electron chi connectivity index (χ4n) is 3.47. The van der Waals surface area contributed by atoms with Gasteiger partial charge in [-0.2, -0.15) is 0 Å². The second-order valence-corrected chi connectivity index (χ2v) is 6.53. The lowest BCUT2D eigenvalue weighted by Crippen LogP contribution is -2.45. The van der Waals surface area contributed by atoms with Crippen LogP contribution in [0, 0.1) is 5.41 Å². The topological polar surface area (TPSA) is 18.5 Å². The summed E-state index contributed by atoms with van der Waals surface area (Å²) in [6.07, 6.45) is 5.44. The fraction of sp³-hybridized carbons (Fsp3) is 1.00. The van der Waals surface area contributed by atoms with Gasteiger partial charge in [0.1, 0.15) is 0 Å². The lowest BCUT2D eigenvalue weighted by Gasteiger charge is -2.38. The summed E-state index contributed by atoms with van der Waals surface area (Å²) in [5.41, 5.74) is 0.539. The van der Waals surface area contributed by atoms with Gasteiger partial charge in [0.05, 0.1) is 0 Å². The van der Waals surface area contributed by atoms with Crippen LogP contribution >= 0.6 is 0 Å². The van der Waals surface area contributed by atoms with Crippen molar-refractivity contribution in [2.45, 2.75) is 38.6 Å². The molecule has 0 aromatic heterocycles. The summed E-state index contributed by atoms with van der Waals surface area (Å²) in [5.74, 6) is 0. The van der Waals surface area contributed by atoms with Gasteiger partial charge in [-0.05, 0) is 64.8 Å². The van der Waals surface area contributed by atoms with Gasteiger partial charge in [0.25, 0.3) is 0 Å². The van der Waals surface area contributed by atoms with E-state index in [1.807, 2.05) is 0 Å². The Morgan fingerprint density at radius 2 is 2.06 bits per heavy atom. The van der Waals surface area contributed by atoms with E-state index in [0.717, 1.165) is 6.04 Å². The summed E-state index contributed by atoms with van der Waals surface area (Å²) in [6.45, 7) is 8.67. The minimum absolute atomic E-state index is 0.539. The average Bonchev–Trinajstić information content (AvgIpc) is 2.64. The Bertz CT molecular complexity index is 236. The molecule has 0 amide bonds. The largest absolute Gasteiger partial charge is 0.317 e. The quantitative estimate of drug-likeness (QED) is 0.800. The second kappa shape index (κ2) is 5.68. The second-order valence-electron chi connectivity index (χ2n) is 6.53. The summed E-state index contributed by atoms with van der Waals surface area (Å²) in [7, 11) is 4.58. The zero-order valence-electron chi connectivity index (χ0n) is 11.8. The summed E-state index contributed by atoms with van der Waals surface area (Å²) >= 11 is 0. The first-order chi connectivity index (χ1) is 8.09. The lowest BCUT2D eigenvalue weighted by molar-refractivity contribution is 0.126. The number of hydrogen-bond donors (Lipinski definition) is 1. The van der Waals surface area contributed by atoms with Gasteiger partial charge in [-0.15, -0.1) is 0 Å². The first-order valence-electron chi connectivity index (χ1n) is 7.19. The van der Waals surface area contributed by atoms with Crippen LogP contribution in [0.2, 0.25) is 0 Å². The van der Waals surface area contributed by atoms with Gasteiger partial charge in [-0.1, -0.05) is 6.92 Å². The van der Waals surface area contributed by atoms with E-state index in [9.17, 15) is 0 Å². The van der Waals surface area contributed by atoms with Crippen LogP contribution in [-0.2, 0) is 0 Å². The minimum Gasteiger partial charge on any atom is -0.317 e. The van der Waals surface area contributed by atoms with Crippen LogP contribution in [0.4, 0.5) is 0 Å². The fourth-order valence-corrected chi connectivity index (χ4v) is 3.47. The molecule has 2 saturated heterocycles. The molecule has 3 heteroatoms. The third-order valence-electron chi connectivity index (χ3n) is 4.66. The Labute approximate surface area is 107 Å². The van der Waals surface area contributed by atoms with Crippen molar-refractivity contribution in [1.29, 1.82) is 0 Å².